The van der Waals surface area contributed by atoms with Crippen LogP contribution in [0.5, 0.6) is 0 Å². The third kappa shape index (κ3) is 9.36. The molecule has 3 aromatic heterocycles. The Balaban J connectivity index is 0.000000616. The molecule has 1 N–H and O–H groups in total. The van der Waals surface area contributed by atoms with Crippen LogP contribution in [0.15, 0.2) is 23.9 Å². The summed E-state index contributed by atoms with van der Waals surface area (Å²) in [5.74, 6) is -0.941. The van der Waals surface area contributed by atoms with E-state index < -0.39 is 31.7 Å². The van der Waals surface area contributed by atoms with E-state index in [-0.39, 0.29) is 12.8 Å². The zero-order valence-corrected chi connectivity index (χ0v) is 27.9. The average molecular weight is 658 g/mol. The Morgan fingerprint density at radius 2 is 1.52 bits per heavy atom. The number of aromatic nitrogens is 3. The van der Waals surface area contributed by atoms with Crippen LogP contribution < -0.4 is 14.4 Å². The highest BCUT2D eigenvalue weighted by Gasteiger charge is 2.25. The number of allylic oxidation sites excluding steroid dienone is 1. The topological polar surface area (TPSA) is 152 Å². The molecule has 15 heteroatoms. The predicted molar refractivity (Wildman–Crippen MR) is 167 cm³/mol. The molecule has 42 heavy (non-hydrogen) atoms. The van der Waals surface area contributed by atoms with E-state index in [0.29, 0.717) is 13.1 Å². The van der Waals surface area contributed by atoms with Crippen LogP contribution in [0.4, 0.5) is 5.69 Å². The number of fused-ring (bicyclic) bond motifs is 2. The highest BCUT2D eigenvalue weighted by atomic mass is 32.2. The zero-order valence-electron chi connectivity index (χ0n) is 24.6. The summed E-state index contributed by atoms with van der Waals surface area (Å²) in [7, 11) is -8.68. The number of hydrogen-bond donors (Lipinski definition) is 1. The van der Waals surface area contributed by atoms with E-state index in [2.05, 4.69) is 29.5 Å². The SMILES string of the molecule is CC[NH+](CC)CC.Cc1nsc2c1N(CCCS(=O)(=O)[O-])/C(=C/c1ccc3snc(C)c3[n+]1CCCS(=O)(=O)[O-])C=C2. The number of nitrogens with zero attached hydrogens (tertiary/aromatic N) is 4. The molecule has 0 amide bonds. The summed E-state index contributed by atoms with van der Waals surface area (Å²) < 4.78 is 78.7. The Morgan fingerprint density at radius 3 is 2.12 bits per heavy atom. The Hall–Kier alpha value is -2.27. The van der Waals surface area contributed by atoms with E-state index in [1.165, 1.54) is 42.7 Å². The standard InChI is InChI=1S/C21H24N4O6S4.C6H15N/c1-14-20-18(32-22-14)7-5-16(24(20)9-3-11-34(26,27)28)13-17-6-8-19-21(15(2)23-33-19)25(17)10-4-12-35(29,30)31;1-4-7(5-2)6-3/h5-8,13H,3-4,9-12H2,1-2H3,(H-,26,27,28,29,30,31);4-6H2,1-3H3. The number of anilines is 1. The van der Waals surface area contributed by atoms with Crippen LogP contribution in [0, 0.1) is 13.8 Å². The van der Waals surface area contributed by atoms with E-state index in [4.69, 9.17) is 0 Å². The summed E-state index contributed by atoms with van der Waals surface area (Å²) in [6, 6.07) is 3.85. The van der Waals surface area contributed by atoms with Gasteiger partial charge in [-0.05, 0) is 82.3 Å². The summed E-state index contributed by atoms with van der Waals surface area (Å²) in [5, 5.41) is 0. The fourth-order valence-corrected chi connectivity index (χ4v) is 7.39. The van der Waals surface area contributed by atoms with Crippen molar-refractivity contribution in [2.24, 2.45) is 0 Å². The van der Waals surface area contributed by atoms with Crippen molar-refractivity contribution in [1.29, 1.82) is 0 Å². The minimum atomic E-state index is -4.34. The quantitative estimate of drug-likeness (QED) is 0.229. The number of aryl methyl sites for hydroxylation is 3. The van der Waals surface area contributed by atoms with E-state index in [1.54, 1.807) is 4.90 Å². The summed E-state index contributed by atoms with van der Waals surface area (Å²) in [6.07, 6.45) is 6.07. The molecule has 232 valence electrons. The Labute approximate surface area is 257 Å². The number of rotatable bonds is 12. The molecule has 0 aromatic carbocycles. The molecule has 4 rings (SSSR count). The third-order valence-corrected chi connectivity index (χ3v) is 10.4. The molecule has 0 unspecified atom stereocenters. The maximum atomic E-state index is 11.2. The minimum absolute atomic E-state index is 0.152. The van der Waals surface area contributed by atoms with Crippen molar-refractivity contribution in [1.82, 2.24) is 8.75 Å². The van der Waals surface area contributed by atoms with Crippen molar-refractivity contribution in [2.75, 3.05) is 42.6 Å². The molecule has 0 saturated carbocycles. The van der Waals surface area contributed by atoms with Crippen LogP contribution in [0.3, 0.4) is 0 Å². The molecule has 0 aliphatic carbocycles. The van der Waals surface area contributed by atoms with Gasteiger partial charge < -0.3 is 18.9 Å². The molecule has 1 aliphatic heterocycles. The lowest BCUT2D eigenvalue weighted by Gasteiger charge is -2.29. The van der Waals surface area contributed by atoms with Crippen LogP contribution in [0.1, 0.15) is 55.6 Å². The lowest BCUT2D eigenvalue weighted by atomic mass is 10.1. The first-order valence-corrected chi connectivity index (χ1v) is 18.6. The molecule has 0 bridgehead atoms. The Bertz CT molecular complexity index is 1630. The van der Waals surface area contributed by atoms with Gasteiger partial charge in [0.25, 0.3) is 0 Å². The number of pyridine rings is 1. The smallest absolute Gasteiger partial charge is 0.247 e. The Kier molecular flexibility index (Phi) is 12.2. The lowest BCUT2D eigenvalue weighted by Crippen LogP contribution is -3.11. The first-order chi connectivity index (χ1) is 19.8. The van der Waals surface area contributed by atoms with Gasteiger partial charge in [0.1, 0.15) is 10.4 Å². The normalized spacial score (nSPS) is 14.5. The van der Waals surface area contributed by atoms with Gasteiger partial charge in [-0.1, -0.05) is 0 Å². The summed E-state index contributed by atoms with van der Waals surface area (Å²) in [4.78, 5) is 4.57. The molecule has 0 atom stereocenters. The van der Waals surface area contributed by atoms with Gasteiger partial charge in [-0.15, -0.1) is 0 Å². The van der Waals surface area contributed by atoms with Crippen molar-refractivity contribution in [3.63, 3.8) is 0 Å². The largest absolute Gasteiger partial charge is 0.748 e. The summed E-state index contributed by atoms with van der Waals surface area (Å²) in [6.45, 7) is 14.8. The van der Waals surface area contributed by atoms with Crippen molar-refractivity contribution >= 4 is 71.4 Å². The molecule has 0 radical (unpaired) electrons. The highest BCUT2D eigenvalue weighted by Crippen LogP contribution is 2.37. The second-order valence-electron chi connectivity index (χ2n) is 9.97. The van der Waals surface area contributed by atoms with Gasteiger partial charge in [0, 0.05) is 42.3 Å². The van der Waals surface area contributed by atoms with Crippen LogP contribution in [0.2, 0.25) is 0 Å². The van der Waals surface area contributed by atoms with Crippen LogP contribution in [0.25, 0.3) is 22.4 Å². The maximum absolute atomic E-state index is 11.2. The molecule has 11 nitrogen and oxygen atoms in total. The molecule has 3 aromatic rings. The highest BCUT2D eigenvalue weighted by molar-refractivity contribution is 7.85. The number of quaternary nitrogens is 1. The van der Waals surface area contributed by atoms with Crippen molar-refractivity contribution < 1.29 is 35.4 Å². The second kappa shape index (κ2) is 14.9. The number of nitrogens with one attached hydrogen (secondary N) is 1. The molecular formula is C27H39N5O6S4. The molecular weight excluding hydrogens is 619 g/mol. The van der Waals surface area contributed by atoms with Gasteiger partial charge in [-0.25, -0.2) is 16.8 Å². The lowest BCUT2D eigenvalue weighted by molar-refractivity contribution is -0.894. The predicted octanol–water partition coefficient (Wildman–Crippen LogP) is 2.33. The van der Waals surface area contributed by atoms with E-state index in [9.17, 15) is 25.9 Å². The summed E-state index contributed by atoms with van der Waals surface area (Å²) >= 11 is 2.68. The summed E-state index contributed by atoms with van der Waals surface area (Å²) in [5.41, 5.74) is 4.87. The van der Waals surface area contributed by atoms with Crippen LogP contribution in [-0.4, -0.2) is 72.4 Å². The van der Waals surface area contributed by atoms with E-state index >= 15 is 0 Å². The van der Waals surface area contributed by atoms with E-state index in [0.717, 1.165) is 43.6 Å². The third-order valence-electron chi connectivity index (χ3n) is 7.04. The second-order valence-corrected chi connectivity index (χ2v) is 14.6. The van der Waals surface area contributed by atoms with Crippen LogP contribution >= 0.6 is 23.1 Å². The van der Waals surface area contributed by atoms with Gasteiger partial charge in [0.15, 0.2) is 6.54 Å². The van der Waals surface area contributed by atoms with Crippen molar-refractivity contribution in [3.05, 3.63) is 45.9 Å². The zero-order chi connectivity index (χ0) is 31.1. The molecule has 0 fully saturated rings. The fourth-order valence-electron chi connectivity index (χ4n) is 4.83. The van der Waals surface area contributed by atoms with Crippen molar-refractivity contribution in [2.45, 2.75) is 54.0 Å². The van der Waals surface area contributed by atoms with Gasteiger partial charge >= 0.3 is 0 Å². The molecule has 0 spiro atoms. The fraction of sp³-hybridized carbons (Fsp3) is 0.519. The Morgan fingerprint density at radius 1 is 0.905 bits per heavy atom. The van der Waals surface area contributed by atoms with Crippen LogP contribution in [-0.2, 0) is 26.8 Å². The monoisotopic (exact) mass is 657 g/mol. The first kappa shape index (κ1) is 34.2. The minimum Gasteiger partial charge on any atom is -0.748 e. The van der Waals surface area contributed by atoms with Gasteiger partial charge in [0.2, 0.25) is 11.2 Å². The van der Waals surface area contributed by atoms with E-state index in [1.807, 2.05) is 53.7 Å². The van der Waals surface area contributed by atoms with Gasteiger partial charge in [0.05, 0.1) is 56.1 Å². The maximum Gasteiger partial charge on any atom is 0.247 e. The molecule has 1 aliphatic rings. The number of hydrogen-bond acceptors (Lipinski definition) is 11. The van der Waals surface area contributed by atoms with Gasteiger partial charge in [-0.2, -0.15) is 13.3 Å². The van der Waals surface area contributed by atoms with Crippen molar-refractivity contribution in [3.8, 4) is 0 Å². The molecule has 0 saturated heterocycles. The average Bonchev–Trinajstić information content (AvgIpc) is 3.48. The molecule has 4 heterocycles. The van der Waals surface area contributed by atoms with Gasteiger partial charge in [-0.3, -0.25) is 0 Å². The first-order valence-electron chi connectivity index (χ1n) is 13.9.